The maximum atomic E-state index is 11.9. The van der Waals surface area contributed by atoms with Crippen molar-refractivity contribution < 1.29 is 37.6 Å². The zero-order valence-corrected chi connectivity index (χ0v) is 23.3. The molecule has 0 radical (unpaired) electrons. The quantitative estimate of drug-likeness (QED) is 0.314. The summed E-state index contributed by atoms with van der Waals surface area (Å²) in [4.78, 5) is 0. The Bertz CT molecular complexity index is 909. The monoisotopic (exact) mass is 532 g/mol. The molecule has 4 saturated carbocycles. The minimum atomic E-state index is -4.67. The first-order chi connectivity index (χ1) is 16.5. The van der Waals surface area contributed by atoms with Crippen LogP contribution in [0.5, 0.6) is 0 Å². The summed E-state index contributed by atoms with van der Waals surface area (Å²) in [6, 6.07) is 0. The van der Waals surface area contributed by atoms with Crippen LogP contribution in [0.15, 0.2) is 0 Å². The highest BCUT2D eigenvalue weighted by Gasteiger charge is 2.69. The van der Waals surface area contributed by atoms with E-state index in [9.17, 15) is 33.4 Å². The van der Waals surface area contributed by atoms with Gasteiger partial charge in [-0.2, -0.15) is 8.42 Å². The fourth-order valence-electron chi connectivity index (χ4n) is 9.45. The van der Waals surface area contributed by atoms with Gasteiger partial charge >= 0.3 is 10.4 Å². The standard InChI is InChI=1S/C27H48O8S/c1-15(2)21(29)7-6-16(3)20-13-22(35-36(32,33)34)24-18-12-23(30)27(31)14-17(28)8-11-26(27,5)19(18)9-10-25(20,24)4/h15-24,28-31H,6-14H2,1-5H3,(H,32,33,34). The topological polar surface area (TPSA) is 145 Å². The average molecular weight is 533 g/mol. The number of hydrogen-bond acceptors (Lipinski definition) is 7. The van der Waals surface area contributed by atoms with Crippen LogP contribution in [0, 0.1) is 46.3 Å². The van der Waals surface area contributed by atoms with Crippen molar-refractivity contribution >= 4 is 10.4 Å². The zero-order valence-electron chi connectivity index (χ0n) is 22.5. The number of fused-ring (bicyclic) bond motifs is 5. The molecule has 0 heterocycles. The summed E-state index contributed by atoms with van der Waals surface area (Å²) < 4.78 is 38.9. The Morgan fingerprint density at radius 1 is 1.03 bits per heavy atom. The Balaban J connectivity index is 1.67. The van der Waals surface area contributed by atoms with Gasteiger partial charge in [-0.05, 0) is 92.3 Å². The molecule has 4 fully saturated rings. The third-order valence-corrected chi connectivity index (χ3v) is 12.0. The summed E-state index contributed by atoms with van der Waals surface area (Å²) in [6.45, 7) is 10.4. The third kappa shape index (κ3) is 4.69. The normalized spacial score (nSPS) is 48.7. The average Bonchev–Trinajstić information content (AvgIpc) is 3.05. The molecule has 4 aliphatic rings. The Hall–Kier alpha value is -0.290. The molecule has 9 heteroatoms. The molecule has 12 atom stereocenters. The maximum absolute atomic E-state index is 11.9. The van der Waals surface area contributed by atoms with Crippen molar-refractivity contribution in [3.8, 4) is 0 Å². The molecule has 0 aromatic carbocycles. The highest BCUT2D eigenvalue weighted by Crippen LogP contribution is 2.69. The fraction of sp³-hybridized carbons (Fsp3) is 1.00. The maximum Gasteiger partial charge on any atom is 0.397 e. The van der Waals surface area contributed by atoms with Crippen LogP contribution in [0.25, 0.3) is 0 Å². The van der Waals surface area contributed by atoms with Crippen LogP contribution in [-0.2, 0) is 14.6 Å². The lowest BCUT2D eigenvalue weighted by Gasteiger charge is -2.65. The lowest BCUT2D eigenvalue weighted by Crippen LogP contribution is -2.69. The molecule has 0 amide bonds. The van der Waals surface area contributed by atoms with Crippen LogP contribution < -0.4 is 0 Å². The van der Waals surface area contributed by atoms with E-state index in [-0.39, 0.29) is 53.4 Å². The van der Waals surface area contributed by atoms with Crippen LogP contribution >= 0.6 is 0 Å². The van der Waals surface area contributed by atoms with Gasteiger partial charge in [-0.3, -0.25) is 4.55 Å². The lowest BCUT2D eigenvalue weighted by atomic mass is 9.42. The molecule has 4 rings (SSSR count). The number of rotatable bonds is 7. The molecule has 0 aliphatic heterocycles. The number of aliphatic hydroxyl groups is 4. The Morgan fingerprint density at radius 2 is 1.69 bits per heavy atom. The minimum Gasteiger partial charge on any atom is -0.393 e. The van der Waals surface area contributed by atoms with Gasteiger partial charge in [0.15, 0.2) is 0 Å². The van der Waals surface area contributed by atoms with Crippen molar-refractivity contribution in [2.45, 2.75) is 122 Å². The highest BCUT2D eigenvalue weighted by molar-refractivity contribution is 7.80. The van der Waals surface area contributed by atoms with E-state index in [0.717, 1.165) is 19.3 Å². The first-order valence-electron chi connectivity index (χ1n) is 14.0. The molecular formula is C27H48O8S. The van der Waals surface area contributed by atoms with E-state index in [1.165, 1.54) is 0 Å². The molecule has 0 aromatic rings. The number of hydrogen-bond donors (Lipinski definition) is 5. The molecule has 0 saturated heterocycles. The van der Waals surface area contributed by atoms with Crippen molar-refractivity contribution in [2.75, 3.05) is 0 Å². The van der Waals surface area contributed by atoms with Gasteiger partial charge < -0.3 is 20.4 Å². The first-order valence-corrected chi connectivity index (χ1v) is 15.3. The second kappa shape index (κ2) is 9.72. The van der Waals surface area contributed by atoms with E-state index < -0.39 is 39.7 Å². The molecule has 8 nitrogen and oxygen atoms in total. The summed E-state index contributed by atoms with van der Waals surface area (Å²) in [6.07, 6.45) is 2.59. The van der Waals surface area contributed by atoms with Crippen molar-refractivity contribution in [1.29, 1.82) is 0 Å². The van der Waals surface area contributed by atoms with E-state index in [1.54, 1.807) is 0 Å². The fourth-order valence-corrected chi connectivity index (χ4v) is 9.96. The summed E-state index contributed by atoms with van der Waals surface area (Å²) in [5, 5.41) is 43.7. The molecule has 5 N–H and O–H groups in total. The Morgan fingerprint density at radius 3 is 2.31 bits per heavy atom. The van der Waals surface area contributed by atoms with Crippen molar-refractivity contribution in [3.63, 3.8) is 0 Å². The van der Waals surface area contributed by atoms with E-state index in [0.29, 0.717) is 32.1 Å². The van der Waals surface area contributed by atoms with Gasteiger partial charge in [0.05, 0.1) is 30.0 Å². The summed E-state index contributed by atoms with van der Waals surface area (Å²) in [5.41, 5.74) is -2.22. The van der Waals surface area contributed by atoms with Gasteiger partial charge in [0.25, 0.3) is 0 Å². The van der Waals surface area contributed by atoms with Crippen molar-refractivity contribution in [3.05, 3.63) is 0 Å². The van der Waals surface area contributed by atoms with Crippen LogP contribution in [-0.4, -0.2) is 63.4 Å². The van der Waals surface area contributed by atoms with Crippen molar-refractivity contribution in [1.82, 2.24) is 0 Å². The third-order valence-electron chi connectivity index (χ3n) is 11.5. The number of aliphatic hydroxyl groups excluding tert-OH is 3. The van der Waals surface area contributed by atoms with Gasteiger partial charge in [-0.1, -0.05) is 34.6 Å². The molecule has 0 bridgehead atoms. The second-order valence-corrected chi connectivity index (χ2v) is 14.6. The lowest BCUT2D eigenvalue weighted by molar-refractivity contribution is -0.267. The SMILES string of the molecule is CC(C)C(O)CCC(C)C1CC(OS(=O)(=O)O)C2C3CC(O)C4(O)CC(O)CCC4(C)C3CCC12C. The molecular weight excluding hydrogens is 484 g/mol. The Labute approximate surface area is 216 Å². The summed E-state index contributed by atoms with van der Waals surface area (Å²) >= 11 is 0. The minimum absolute atomic E-state index is 0.0563. The molecule has 12 unspecified atom stereocenters. The van der Waals surface area contributed by atoms with E-state index in [2.05, 4.69) is 13.8 Å². The highest BCUT2D eigenvalue weighted by atomic mass is 32.3. The predicted octanol–water partition coefficient (Wildman–Crippen LogP) is 3.32. The van der Waals surface area contributed by atoms with Gasteiger partial charge in [0.2, 0.25) is 0 Å². The van der Waals surface area contributed by atoms with E-state index >= 15 is 0 Å². The molecule has 0 aromatic heterocycles. The van der Waals surface area contributed by atoms with Gasteiger partial charge in [0, 0.05) is 11.8 Å². The van der Waals surface area contributed by atoms with Gasteiger partial charge in [0.1, 0.15) is 0 Å². The predicted molar refractivity (Wildman–Crippen MR) is 135 cm³/mol. The molecule has 4 aliphatic carbocycles. The molecule has 36 heavy (non-hydrogen) atoms. The van der Waals surface area contributed by atoms with Gasteiger partial charge in [-0.25, -0.2) is 4.18 Å². The second-order valence-electron chi connectivity index (χ2n) is 13.6. The first kappa shape index (κ1) is 28.7. The van der Waals surface area contributed by atoms with Crippen LogP contribution in [0.4, 0.5) is 0 Å². The van der Waals surface area contributed by atoms with E-state index in [1.807, 2.05) is 20.8 Å². The van der Waals surface area contributed by atoms with Crippen LogP contribution in [0.2, 0.25) is 0 Å². The molecule has 210 valence electrons. The van der Waals surface area contributed by atoms with Gasteiger partial charge in [-0.15, -0.1) is 0 Å². The Kier molecular flexibility index (Phi) is 7.75. The van der Waals surface area contributed by atoms with Crippen LogP contribution in [0.3, 0.4) is 0 Å². The summed E-state index contributed by atoms with van der Waals surface area (Å²) in [5.74, 6) is 0.345. The zero-order chi connectivity index (χ0) is 26.8. The van der Waals surface area contributed by atoms with E-state index in [4.69, 9.17) is 4.18 Å². The largest absolute Gasteiger partial charge is 0.397 e. The van der Waals surface area contributed by atoms with Crippen LogP contribution in [0.1, 0.15) is 92.4 Å². The smallest absolute Gasteiger partial charge is 0.393 e. The van der Waals surface area contributed by atoms with Crippen molar-refractivity contribution in [2.24, 2.45) is 46.3 Å². The summed E-state index contributed by atoms with van der Waals surface area (Å²) in [7, 11) is -4.67. The molecule has 0 spiro atoms.